The van der Waals surface area contributed by atoms with Crippen LogP contribution in [-0.4, -0.2) is 18.3 Å². The maximum Gasteiger partial charge on any atom is 0.490 e. The van der Waals surface area contributed by atoms with Crippen molar-refractivity contribution in [1.29, 1.82) is 0 Å². The van der Waals surface area contributed by atoms with Crippen LogP contribution in [0.5, 0.6) is 0 Å². The predicted molar refractivity (Wildman–Crippen MR) is 163 cm³/mol. The van der Waals surface area contributed by atoms with E-state index in [0.717, 1.165) is 6.42 Å². The van der Waals surface area contributed by atoms with Crippen LogP contribution in [0.25, 0.3) is 27.8 Å². The van der Waals surface area contributed by atoms with Crippen molar-refractivity contribution in [3.8, 4) is 22.3 Å². The second kappa shape index (κ2) is 10.1. The van der Waals surface area contributed by atoms with Gasteiger partial charge in [-0.25, -0.2) is 0 Å². The molecule has 194 valence electrons. The Morgan fingerprint density at radius 1 is 0.590 bits per heavy atom. The summed E-state index contributed by atoms with van der Waals surface area (Å²) in [5, 5.41) is 0. The third-order valence-electron chi connectivity index (χ3n) is 8.46. The summed E-state index contributed by atoms with van der Waals surface area (Å²) < 4.78 is 13.1. The van der Waals surface area contributed by atoms with E-state index in [2.05, 4.69) is 149 Å². The van der Waals surface area contributed by atoms with Crippen molar-refractivity contribution >= 4 is 12.7 Å². The van der Waals surface area contributed by atoms with Crippen molar-refractivity contribution in [2.75, 3.05) is 0 Å². The maximum atomic E-state index is 6.54. The van der Waals surface area contributed by atoms with Crippen molar-refractivity contribution in [2.24, 2.45) is 0 Å². The summed E-state index contributed by atoms with van der Waals surface area (Å²) in [4.78, 5) is 0. The first-order valence-electron chi connectivity index (χ1n) is 13.9. The normalized spacial score (nSPS) is 19.9. The second-order valence-corrected chi connectivity index (χ2v) is 11.7. The molecule has 0 saturated carbocycles. The number of benzene rings is 4. The third kappa shape index (κ3) is 5.17. The Bertz CT molecular complexity index is 1520. The van der Waals surface area contributed by atoms with Gasteiger partial charge in [0.2, 0.25) is 0 Å². The summed E-state index contributed by atoms with van der Waals surface area (Å²) in [5.74, 6) is 0.211. The zero-order chi connectivity index (χ0) is 27.0. The van der Waals surface area contributed by atoms with E-state index in [0.29, 0.717) is 0 Å². The van der Waals surface area contributed by atoms with Gasteiger partial charge in [0, 0.05) is 5.92 Å². The molecule has 6 rings (SSSR count). The molecule has 39 heavy (non-hydrogen) atoms. The molecule has 2 aliphatic rings. The minimum atomic E-state index is -0.379. The van der Waals surface area contributed by atoms with Crippen LogP contribution in [0.4, 0.5) is 0 Å². The molecule has 0 amide bonds. The molecule has 1 atom stereocenters. The highest BCUT2D eigenvalue weighted by Gasteiger charge is 2.52. The van der Waals surface area contributed by atoms with Gasteiger partial charge in [0.15, 0.2) is 0 Å². The number of hydrogen-bond donors (Lipinski definition) is 0. The van der Waals surface area contributed by atoms with Crippen LogP contribution in [0.1, 0.15) is 51.2 Å². The van der Waals surface area contributed by atoms with Gasteiger partial charge in [-0.05, 0) is 84.6 Å². The van der Waals surface area contributed by atoms with Crippen molar-refractivity contribution < 1.29 is 9.31 Å². The monoisotopic (exact) mass is 510 g/mol. The summed E-state index contributed by atoms with van der Waals surface area (Å²) in [6.07, 6.45) is 5.57. The van der Waals surface area contributed by atoms with Gasteiger partial charge in [-0.1, -0.05) is 115 Å². The molecular formula is C36H35BO2. The van der Waals surface area contributed by atoms with Crippen molar-refractivity contribution in [2.45, 2.75) is 51.2 Å². The number of rotatable bonds is 5. The Morgan fingerprint density at radius 2 is 1.10 bits per heavy atom. The van der Waals surface area contributed by atoms with Crippen LogP contribution in [0.15, 0.2) is 127 Å². The lowest BCUT2D eigenvalue weighted by atomic mass is 9.68. The van der Waals surface area contributed by atoms with Crippen molar-refractivity contribution in [3.05, 3.63) is 138 Å². The van der Waals surface area contributed by atoms with Crippen molar-refractivity contribution in [1.82, 2.24) is 0 Å². The molecule has 1 aliphatic carbocycles. The fourth-order valence-corrected chi connectivity index (χ4v) is 5.48. The molecule has 0 aromatic heterocycles. The number of allylic oxidation sites excluding steroid dienone is 4. The molecule has 1 fully saturated rings. The van der Waals surface area contributed by atoms with E-state index in [9.17, 15) is 0 Å². The van der Waals surface area contributed by atoms with E-state index >= 15 is 0 Å². The topological polar surface area (TPSA) is 18.5 Å². The molecule has 0 spiro atoms. The molecule has 1 saturated heterocycles. The van der Waals surface area contributed by atoms with Gasteiger partial charge < -0.3 is 9.31 Å². The highest BCUT2D eigenvalue weighted by Crippen LogP contribution is 2.44. The van der Waals surface area contributed by atoms with Gasteiger partial charge in [-0.15, -0.1) is 0 Å². The molecule has 4 aromatic carbocycles. The minimum Gasteiger partial charge on any atom is -0.400 e. The van der Waals surface area contributed by atoms with Crippen molar-refractivity contribution in [3.63, 3.8) is 0 Å². The van der Waals surface area contributed by atoms with Crippen LogP contribution < -0.4 is 0 Å². The van der Waals surface area contributed by atoms with Crippen LogP contribution in [0, 0.1) is 0 Å². The Labute approximate surface area is 233 Å². The molecule has 4 aromatic rings. The molecule has 0 radical (unpaired) electrons. The molecule has 0 bridgehead atoms. The maximum absolute atomic E-state index is 6.54. The zero-order valence-corrected chi connectivity index (χ0v) is 23.2. The Kier molecular flexibility index (Phi) is 6.66. The van der Waals surface area contributed by atoms with Gasteiger partial charge in [0.1, 0.15) is 0 Å². The average molecular weight is 510 g/mol. The first-order chi connectivity index (χ1) is 18.8. The Balaban J connectivity index is 1.41. The average Bonchev–Trinajstić information content (AvgIpc) is 3.20. The molecule has 1 heterocycles. The highest BCUT2D eigenvalue weighted by molar-refractivity contribution is 6.55. The summed E-state index contributed by atoms with van der Waals surface area (Å²) in [7, 11) is -0.365. The summed E-state index contributed by atoms with van der Waals surface area (Å²) in [5.41, 5.74) is 9.05. The smallest absolute Gasteiger partial charge is 0.400 e. The largest absolute Gasteiger partial charge is 0.490 e. The quantitative estimate of drug-likeness (QED) is 0.249. The zero-order valence-electron chi connectivity index (χ0n) is 23.2. The van der Waals surface area contributed by atoms with Gasteiger partial charge >= 0.3 is 7.12 Å². The first-order valence-corrected chi connectivity index (χ1v) is 13.9. The lowest BCUT2D eigenvalue weighted by Gasteiger charge is -2.32. The summed E-state index contributed by atoms with van der Waals surface area (Å²) >= 11 is 0. The predicted octanol–water partition coefficient (Wildman–Crippen LogP) is 9.15. The van der Waals surface area contributed by atoms with Crippen LogP contribution in [-0.2, 0) is 9.31 Å². The van der Waals surface area contributed by atoms with Gasteiger partial charge in [0.05, 0.1) is 11.2 Å². The van der Waals surface area contributed by atoms with Crippen LogP contribution >= 0.6 is 0 Å². The van der Waals surface area contributed by atoms with Crippen LogP contribution in [0.2, 0.25) is 0 Å². The van der Waals surface area contributed by atoms with Gasteiger partial charge in [0.25, 0.3) is 0 Å². The van der Waals surface area contributed by atoms with Crippen LogP contribution in [0.3, 0.4) is 0 Å². The van der Waals surface area contributed by atoms with E-state index < -0.39 is 0 Å². The van der Waals surface area contributed by atoms with E-state index in [1.165, 1.54) is 44.4 Å². The van der Waals surface area contributed by atoms with E-state index in [1.54, 1.807) is 0 Å². The van der Waals surface area contributed by atoms with Gasteiger partial charge in [-0.2, -0.15) is 0 Å². The number of hydrogen-bond acceptors (Lipinski definition) is 2. The molecule has 3 heteroatoms. The van der Waals surface area contributed by atoms with E-state index in [-0.39, 0.29) is 24.2 Å². The fourth-order valence-electron chi connectivity index (χ4n) is 5.48. The lowest BCUT2D eigenvalue weighted by molar-refractivity contribution is 0.00578. The minimum absolute atomic E-state index is 0.211. The summed E-state index contributed by atoms with van der Waals surface area (Å²) in [6, 6.07) is 39.0. The Hall–Kier alpha value is -3.66. The lowest BCUT2D eigenvalue weighted by Crippen LogP contribution is -2.41. The van der Waals surface area contributed by atoms with E-state index in [1.807, 2.05) is 0 Å². The fraction of sp³-hybridized carbons (Fsp3) is 0.222. The standard InChI is InChI=1S/C36H35BO2/c1-35(2)36(3,4)39-37(38-35)34-24-32(30-19-11-17-28(21-30)26-13-7-5-8-14-26)23-33(25-34)31-20-12-18-29(22-31)27-15-9-6-10-16-27/h5-24,33H,25H2,1-4H3. The SMILES string of the molecule is CC1(C)OB(C2=CC(c3cccc(-c4ccccc4)c3)=CC(c3cccc(-c4ccccc4)c3)C2)OC1(C)C. The molecule has 1 aliphatic heterocycles. The highest BCUT2D eigenvalue weighted by atomic mass is 16.7. The first kappa shape index (κ1) is 25.6. The molecule has 1 unspecified atom stereocenters. The molecular weight excluding hydrogens is 475 g/mol. The Morgan fingerprint density at radius 3 is 1.72 bits per heavy atom. The van der Waals surface area contributed by atoms with E-state index in [4.69, 9.17) is 9.31 Å². The molecule has 2 nitrogen and oxygen atoms in total. The summed E-state index contributed by atoms with van der Waals surface area (Å²) in [6.45, 7) is 8.49. The second-order valence-electron chi connectivity index (χ2n) is 11.7. The third-order valence-corrected chi connectivity index (χ3v) is 8.46. The molecule has 0 N–H and O–H groups in total. The van der Waals surface area contributed by atoms with Gasteiger partial charge in [-0.3, -0.25) is 0 Å².